The maximum absolute atomic E-state index is 12.1. The zero-order chi connectivity index (χ0) is 13.9. The molecule has 2 N–H and O–H groups in total. The maximum atomic E-state index is 12.1. The molecule has 18 heavy (non-hydrogen) atoms. The first-order valence-corrected chi connectivity index (χ1v) is 8.41. The summed E-state index contributed by atoms with van der Waals surface area (Å²) in [6.45, 7) is 5.44. The molecule has 1 aromatic heterocycles. The van der Waals surface area contributed by atoms with Crippen molar-refractivity contribution in [3.05, 3.63) is 16.5 Å². The van der Waals surface area contributed by atoms with Gasteiger partial charge in [0, 0.05) is 0 Å². The van der Waals surface area contributed by atoms with E-state index in [1.165, 1.54) is 6.07 Å². The number of aliphatic hydroxyl groups is 1. The molecule has 104 valence electrons. The highest BCUT2D eigenvalue weighted by molar-refractivity contribution is 7.91. The maximum Gasteiger partial charge on any atom is 0.250 e. The van der Waals surface area contributed by atoms with Crippen LogP contribution in [0.25, 0.3) is 0 Å². The first kappa shape index (κ1) is 15.9. The van der Waals surface area contributed by atoms with Gasteiger partial charge in [-0.05, 0) is 25.0 Å². The van der Waals surface area contributed by atoms with E-state index in [9.17, 15) is 13.5 Å². The van der Waals surface area contributed by atoms with E-state index < -0.39 is 22.2 Å². The third kappa shape index (κ3) is 3.93. The fourth-order valence-electron chi connectivity index (χ4n) is 1.62. The van der Waals surface area contributed by atoms with Crippen LogP contribution in [0.5, 0.6) is 0 Å². The molecule has 0 spiro atoms. The van der Waals surface area contributed by atoms with Crippen molar-refractivity contribution in [2.24, 2.45) is 5.92 Å². The summed E-state index contributed by atoms with van der Waals surface area (Å²) >= 11 is 6.73. The lowest BCUT2D eigenvalue weighted by molar-refractivity contribution is 0.128. The Labute approximate surface area is 117 Å². The second-order valence-electron chi connectivity index (χ2n) is 4.33. The van der Waals surface area contributed by atoms with Crippen LogP contribution in [0.1, 0.15) is 27.2 Å². The fourth-order valence-corrected chi connectivity index (χ4v) is 4.54. The molecule has 0 aliphatic rings. The molecule has 7 heteroatoms. The van der Waals surface area contributed by atoms with Gasteiger partial charge in [-0.1, -0.05) is 31.9 Å². The first-order valence-electron chi connectivity index (χ1n) is 5.73. The monoisotopic (exact) mass is 311 g/mol. The summed E-state index contributed by atoms with van der Waals surface area (Å²) in [5, 5.41) is 9.68. The van der Waals surface area contributed by atoms with Crippen molar-refractivity contribution in [3.63, 3.8) is 0 Å². The normalized spacial score (nSPS) is 17.4. The molecular weight excluding hydrogens is 294 g/mol. The minimum Gasteiger partial charge on any atom is -0.392 e. The molecule has 0 aliphatic carbocycles. The largest absolute Gasteiger partial charge is 0.392 e. The molecule has 1 aromatic rings. The number of halogens is 1. The molecule has 1 rings (SSSR count). The van der Waals surface area contributed by atoms with Crippen LogP contribution in [0, 0.1) is 5.92 Å². The van der Waals surface area contributed by atoms with Crippen molar-refractivity contribution in [3.8, 4) is 0 Å². The summed E-state index contributed by atoms with van der Waals surface area (Å²) in [7, 11) is -3.61. The van der Waals surface area contributed by atoms with E-state index in [2.05, 4.69) is 4.72 Å². The fraction of sp³-hybridized carbons (Fsp3) is 0.636. The van der Waals surface area contributed by atoms with E-state index in [-0.39, 0.29) is 10.1 Å². The molecule has 0 fully saturated rings. The van der Waals surface area contributed by atoms with Crippen molar-refractivity contribution in [2.75, 3.05) is 0 Å². The predicted molar refractivity (Wildman–Crippen MR) is 74.6 cm³/mol. The average Bonchev–Trinajstić information content (AvgIpc) is 2.72. The Bertz CT molecular complexity index is 484. The van der Waals surface area contributed by atoms with Crippen molar-refractivity contribution >= 4 is 33.0 Å². The summed E-state index contributed by atoms with van der Waals surface area (Å²) in [5.74, 6) is 0.0511. The highest BCUT2D eigenvalue weighted by Crippen LogP contribution is 2.26. The van der Waals surface area contributed by atoms with Gasteiger partial charge in [0.1, 0.15) is 4.21 Å². The van der Waals surface area contributed by atoms with Crippen molar-refractivity contribution < 1.29 is 13.5 Å². The Hall–Kier alpha value is -0.140. The van der Waals surface area contributed by atoms with Gasteiger partial charge in [0.15, 0.2) is 0 Å². The van der Waals surface area contributed by atoms with E-state index in [0.717, 1.165) is 17.8 Å². The minimum atomic E-state index is -3.61. The van der Waals surface area contributed by atoms with Gasteiger partial charge in [-0.25, -0.2) is 13.1 Å². The molecule has 0 aliphatic heterocycles. The van der Waals surface area contributed by atoms with E-state index in [1.807, 2.05) is 13.8 Å². The van der Waals surface area contributed by atoms with Gasteiger partial charge in [-0.3, -0.25) is 0 Å². The van der Waals surface area contributed by atoms with E-state index in [0.29, 0.717) is 4.34 Å². The highest BCUT2D eigenvalue weighted by atomic mass is 35.5. The molecule has 0 saturated heterocycles. The van der Waals surface area contributed by atoms with Crippen LogP contribution in [-0.4, -0.2) is 25.7 Å². The van der Waals surface area contributed by atoms with Crippen molar-refractivity contribution in [2.45, 2.75) is 43.5 Å². The zero-order valence-corrected chi connectivity index (χ0v) is 12.9. The van der Waals surface area contributed by atoms with Gasteiger partial charge in [-0.2, -0.15) is 0 Å². The Morgan fingerprint density at radius 1 is 1.44 bits per heavy atom. The summed E-state index contributed by atoms with van der Waals surface area (Å²) in [6.07, 6.45) is 0.0358. The summed E-state index contributed by atoms with van der Waals surface area (Å²) in [5.41, 5.74) is 0. The number of hydrogen-bond donors (Lipinski definition) is 2. The third-order valence-corrected chi connectivity index (χ3v) is 6.06. The van der Waals surface area contributed by atoms with Crippen LogP contribution in [0.2, 0.25) is 4.34 Å². The minimum absolute atomic E-state index is 0.0511. The predicted octanol–water partition coefficient (Wildman–Crippen LogP) is 2.48. The Morgan fingerprint density at radius 2 is 2.06 bits per heavy atom. The molecular formula is C11H18ClNO3S2. The van der Waals surface area contributed by atoms with Crippen molar-refractivity contribution in [1.82, 2.24) is 4.72 Å². The Morgan fingerprint density at radius 3 is 2.44 bits per heavy atom. The Kier molecular flexibility index (Phi) is 5.61. The molecule has 0 amide bonds. The van der Waals surface area contributed by atoms with Crippen molar-refractivity contribution in [1.29, 1.82) is 0 Å². The summed E-state index contributed by atoms with van der Waals surface area (Å²) < 4.78 is 27.4. The number of aliphatic hydroxyl groups excluding tert-OH is 1. The van der Waals surface area contributed by atoms with Gasteiger partial charge in [0.25, 0.3) is 0 Å². The Balaban J connectivity index is 2.93. The second-order valence-corrected chi connectivity index (χ2v) is 7.99. The van der Waals surface area contributed by atoms with Gasteiger partial charge >= 0.3 is 0 Å². The smallest absolute Gasteiger partial charge is 0.250 e. The molecule has 0 aromatic carbocycles. The van der Waals surface area contributed by atoms with E-state index in [1.54, 1.807) is 13.0 Å². The number of nitrogens with one attached hydrogen (secondary N) is 1. The van der Waals surface area contributed by atoms with Gasteiger partial charge < -0.3 is 5.11 Å². The molecule has 3 atom stereocenters. The molecule has 0 bridgehead atoms. The van der Waals surface area contributed by atoms with E-state index >= 15 is 0 Å². The third-order valence-electron chi connectivity index (χ3n) is 2.88. The second kappa shape index (κ2) is 6.34. The lowest BCUT2D eigenvalue weighted by atomic mass is 9.96. The van der Waals surface area contributed by atoms with E-state index in [4.69, 9.17) is 11.6 Å². The van der Waals surface area contributed by atoms with Crippen LogP contribution >= 0.6 is 22.9 Å². The highest BCUT2D eigenvalue weighted by Gasteiger charge is 2.28. The van der Waals surface area contributed by atoms with Crippen LogP contribution in [-0.2, 0) is 10.0 Å². The molecule has 1 heterocycles. The number of hydrogen-bond acceptors (Lipinski definition) is 4. The number of sulfonamides is 1. The standard InChI is InChI=1S/C11H18ClNO3S2/c1-4-7(2)11(8(3)14)13-18(15,16)10-6-5-9(12)17-10/h5-8,11,13-14H,4H2,1-3H3/t7-,8?,11-/m0/s1. The lowest BCUT2D eigenvalue weighted by Gasteiger charge is -2.26. The number of thiophene rings is 1. The van der Waals surface area contributed by atoms with Crippen LogP contribution in [0.15, 0.2) is 16.3 Å². The van der Waals surface area contributed by atoms with Gasteiger partial charge in [0.05, 0.1) is 16.5 Å². The van der Waals surface area contributed by atoms with Crippen LogP contribution < -0.4 is 4.72 Å². The van der Waals surface area contributed by atoms with Crippen LogP contribution in [0.3, 0.4) is 0 Å². The lowest BCUT2D eigenvalue weighted by Crippen LogP contribution is -2.45. The summed E-state index contributed by atoms with van der Waals surface area (Å²) in [4.78, 5) is 0. The van der Waals surface area contributed by atoms with Gasteiger partial charge in [-0.15, -0.1) is 11.3 Å². The first-order chi connectivity index (χ1) is 8.27. The topological polar surface area (TPSA) is 66.4 Å². The molecule has 4 nitrogen and oxygen atoms in total. The molecule has 0 saturated carbocycles. The molecule has 1 unspecified atom stereocenters. The zero-order valence-electron chi connectivity index (χ0n) is 10.6. The van der Waals surface area contributed by atoms with Gasteiger partial charge in [0.2, 0.25) is 10.0 Å². The number of rotatable bonds is 6. The quantitative estimate of drug-likeness (QED) is 0.848. The SMILES string of the molecule is CC[C@H](C)[C@H](NS(=O)(=O)c1ccc(Cl)s1)C(C)O. The molecule has 0 radical (unpaired) electrons. The van der Waals surface area contributed by atoms with Crippen LogP contribution in [0.4, 0.5) is 0 Å². The summed E-state index contributed by atoms with van der Waals surface area (Å²) in [6, 6.07) is 2.51. The average molecular weight is 312 g/mol.